The first-order chi connectivity index (χ1) is 9.20. The molecule has 0 saturated heterocycles. The molecule has 0 atom stereocenters. The topological polar surface area (TPSA) is 92.3 Å². The lowest BCUT2D eigenvalue weighted by molar-refractivity contribution is -0.120. The van der Waals surface area contributed by atoms with Crippen LogP contribution < -0.4 is 10.6 Å². The van der Waals surface area contributed by atoms with E-state index in [1.807, 2.05) is 13.8 Å². The lowest BCUT2D eigenvalue weighted by Crippen LogP contribution is -2.39. The van der Waals surface area contributed by atoms with Gasteiger partial charge in [-0.25, -0.2) is 8.42 Å². The molecular formula is C13H18N2O4S. The fourth-order valence-corrected chi connectivity index (χ4v) is 2.17. The largest absolute Gasteiger partial charge is 0.352 e. The summed E-state index contributed by atoms with van der Waals surface area (Å²) in [5.74, 6) is -0.790. The van der Waals surface area contributed by atoms with Gasteiger partial charge in [-0.2, -0.15) is 0 Å². The summed E-state index contributed by atoms with van der Waals surface area (Å²) >= 11 is 0. The zero-order valence-electron chi connectivity index (χ0n) is 11.6. The van der Waals surface area contributed by atoms with Crippen LogP contribution in [0.4, 0.5) is 0 Å². The Kier molecular flexibility index (Phi) is 5.26. The molecule has 0 aliphatic carbocycles. The first kappa shape index (κ1) is 16.2. The van der Waals surface area contributed by atoms with Crippen molar-refractivity contribution in [2.24, 2.45) is 0 Å². The van der Waals surface area contributed by atoms with Crippen LogP contribution in [0, 0.1) is 0 Å². The van der Waals surface area contributed by atoms with Gasteiger partial charge in [0.2, 0.25) is 5.91 Å². The van der Waals surface area contributed by atoms with Crippen LogP contribution in [0.5, 0.6) is 0 Å². The minimum absolute atomic E-state index is 0.00651. The standard InChI is InChI=1S/C13H18N2O4S/c1-9(2)15-12(16)8-14-13(17)10-5-4-6-11(7-10)20(3,18)19/h4-7,9H,8H2,1-3H3,(H,14,17)(H,15,16). The summed E-state index contributed by atoms with van der Waals surface area (Å²) in [7, 11) is -3.37. The quantitative estimate of drug-likeness (QED) is 0.820. The zero-order chi connectivity index (χ0) is 15.3. The van der Waals surface area contributed by atoms with Crippen LogP contribution in [0.3, 0.4) is 0 Å². The Morgan fingerprint density at radius 3 is 2.45 bits per heavy atom. The monoisotopic (exact) mass is 298 g/mol. The highest BCUT2D eigenvalue weighted by Gasteiger charge is 2.12. The predicted octanol–water partition coefficient (Wildman–Crippen LogP) is 0.344. The van der Waals surface area contributed by atoms with Crippen molar-refractivity contribution in [2.45, 2.75) is 24.8 Å². The molecule has 20 heavy (non-hydrogen) atoms. The highest BCUT2D eigenvalue weighted by atomic mass is 32.2. The number of carbonyl (C=O) groups excluding carboxylic acids is 2. The van der Waals surface area contributed by atoms with E-state index in [1.54, 1.807) is 0 Å². The van der Waals surface area contributed by atoms with Crippen molar-refractivity contribution < 1.29 is 18.0 Å². The molecular weight excluding hydrogens is 280 g/mol. The zero-order valence-corrected chi connectivity index (χ0v) is 12.5. The summed E-state index contributed by atoms with van der Waals surface area (Å²) < 4.78 is 22.8. The maximum atomic E-state index is 11.8. The molecule has 0 radical (unpaired) electrons. The molecule has 110 valence electrons. The van der Waals surface area contributed by atoms with Crippen molar-refractivity contribution in [1.82, 2.24) is 10.6 Å². The number of amides is 2. The average Bonchev–Trinajstić information content (AvgIpc) is 2.34. The van der Waals surface area contributed by atoms with Crippen LogP contribution in [0.1, 0.15) is 24.2 Å². The van der Waals surface area contributed by atoms with Gasteiger partial charge in [-0.05, 0) is 32.0 Å². The van der Waals surface area contributed by atoms with Crippen molar-refractivity contribution in [3.63, 3.8) is 0 Å². The van der Waals surface area contributed by atoms with Gasteiger partial charge in [-0.3, -0.25) is 9.59 Å². The second-order valence-corrected chi connectivity index (χ2v) is 6.72. The summed E-state index contributed by atoms with van der Waals surface area (Å²) in [6.45, 7) is 3.48. The van der Waals surface area contributed by atoms with E-state index in [-0.39, 0.29) is 29.0 Å². The van der Waals surface area contributed by atoms with Gasteiger partial charge >= 0.3 is 0 Å². The van der Waals surface area contributed by atoms with E-state index in [4.69, 9.17) is 0 Å². The summed E-state index contributed by atoms with van der Waals surface area (Å²) in [4.78, 5) is 23.3. The highest BCUT2D eigenvalue weighted by molar-refractivity contribution is 7.90. The number of hydrogen-bond acceptors (Lipinski definition) is 4. The van der Waals surface area contributed by atoms with E-state index in [2.05, 4.69) is 10.6 Å². The molecule has 0 fully saturated rings. The molecule has 7 heteroatoms. The third-order valence-corrected chi connectivity index (χ3v) is 3.49. The molecule has 1 aromatic rings. The number of hydrogen-bond donors (Lipinski definition) is 2. The maximum absolute atomic E-state index is 11.8. The van der Waals surface area contributed by atoms with Crippen LogP contribution in [0.15, 0.2) is 29.2 Å². The summed E-state index contributed by atoms with van der Waals surface area (Å²) in [5.41, 5.74) is 0.199. The number of sulfone groups is 1. The molecule has 2 amide bonds. The molecule has 1 aromatic carbocycles. The summed E-state index contributed by atoms with van der Waals surface area (Å²) in [5, 5.41) is 5.07. The molecule has 0 aliphatic rings. The van der Waals surface area contributed by atoms with Gasteiger partial charge in [-0.1, -0.05) is 6.07 Å². The van der Waals surface area contributed by atoms with Crippen LogP contribution in [-0.4, -0.2) is 39.1 Å². The molecule has 2 N–H and O–H groups in total. The number of benzene rings is 1. The van der Waals surface area contributed by atoms with E-state index in [0.29, 0.717) is 0 Å². The van der Waals surface area contributed by atoms with Gasteiger partial charge in [0.05, 0.1) is 11.4 Å². The number of rotatable bonds is 5. The Bertz CT molecular complexity index is 609. The van der Waals surface area contributed by atoms with E-state index in [1.165, 1.54) is 24.3 Å². The Labute approximate surface area is 118 Å². The lowest BCUT2D eigenvalue weighted by atomic mass is 10.2. The van der Waals surface area contributed by atoms with E-state index in [0.717, 1.165) is 6.26 Å². The lowest BCUT2D eigenvalue weighted by Gasteiger charge is -2.09. The average molecular weight is 298 g/mol. The van der Waals surface area contributed by atoms with Gasteiger partial charge in [0.1, 0.15) is 0 Å². The normalized spacial score (nSPS) is 11.2. The second-order valence-electron chi connectivity index (χ2n) is 4.70. The SMILES string of the molecule is CC(C)NC(=O)CNC(=O)c1cccc(S(C)(=O)=O)c1. The van der Waals surface area contributed by atoms with Crippen molar-refractivity contribution in [1.29, 1.82) is 0 Å². The molecule has 0 aliphatic heterocycles. The molecule has 6 nitrogen and oxygen atoms in total. The van der Waals surface area contributed by atoms with Gasteiger partial charge < -0.3 is 10.6 Å². The first-order valence-electron chi connectivity index (χ1n) is 6.08. The van der Waals surface area contributed by atoms with E-state index in [9.17, 15) is 18.0 Å². The van der Waals surface area contributed by atoms with Gasteiger partial charge in [0.15, 0.2) is 9.84 Å². The summed E-state index contributed by atoms with van der Waals surface area (Å²) in [6, 6.07) is 5.67. The fraction of sp³-hybridized carbons (Fsp3) is 0.385. The molecule has 0 saturated carbocycles. The smallest absolute Gasteiger partial charge is 0.251 e. The Morgan fingerprint density at radius 2 is 1.90 bits per heavy atom. The molecule has 1 rings (SSSR count). The second kappa shape index (κ2) is 6.51. The van der Waals surface area contributed by atoms with Crippen molar-refractivity contribution in [2.75, 3.05) is 12.8 Å². The minimum Gasteiger partial charge on any atom is -0.352 e. The number of carbonyl (C=O) groups is 2. The fourth-order valence-electron chi connectivity index (χ4n) is 1.50. The van der Waals surface area contributed by atoms with Crippen molar-refractivity contribution in [3.8, 4) is 0 Å². The molecule has 0 spiro atoms. The highest BCUT2D eigenvalue weighted by Crippen LogP contribution is 2.11. The Balaban J connectivity index is 2.72. The third-order valence-electron chi connectivity index (χ3n) is 2.38. The van der Waals surface area contributed by atoms with Gasteiger partial charge in [0.25, 0.3) is 5.91 Å². The molecule has 0 unspecified atom stereocenters. The first-order valence-corrected chi connectivity index (χ1v) is 7.97. The van der Waals surface area contributed by atoms with Crippen LogP contribution in [0.25, 0.3) is 0 Å². The number of nitrogens with one attached hydrogen (secondary N) is 2. The van der Waals surface area contributed by atoms with Gasteiger partial charge in [0, 0.05) is 17.9 Å². The minimum atomic E-state index is -3.37. The Morgan fingerprint density at radius 1 is 1.25 bits per heavy atom. The Hall–Kier alpha value is -1.89. The van der Waals surface area contributed by atoms with Crippen LogP contribution in [-0.2, 0) is 14.6 Å². The third kappa shape index (κ3) is 5.00. The van der Waals surface area contributed by atoms with Crippen LogP contribution >= 0.6 is 0 Å². The molecule has 0 bridgehead atoms. The van der Waals surface area contributed by atoms with Crippen LogP contribution in [0.2, 0.25) is 0 Å². The molecule has 0 aromatic heterocycles. The van der Waals surface area contributed by atoms with Crippen molar-refractivity contribution >= 4 is 21.7 Å². The summed E-state index contributed by atoms with van der Waals surface area (Å²) in [6.07, 6.45) is 1.07. The predicted molar refractivity (Wildman–Crippen MR) is 75.2 cm³/mol. The van der Waals surface area contributed by atoms with E-state index >= 15 is 0 Å². The van der Waals surface area contributed by atoms with Gasteiger partial charge in [-0.15, -0.1) is 0 Å². The van der Waals surface area contributed by atoms with Crippen molar-refractivity contribution in [3.05, 3.63) is 29.8 Å². The molecule has 0 heterocycles. The maximum Gasteiger partial charge on any atom is 0.251 e. The van der Waals surface area contributed by atoms with E-state index < -0.39 is 15.7 Å².